The highest BCUT2D eigenvalue weighted by Gasteiger charge is 2.43. The molecule has 53 heavy (non-hydrogen) atoms. The zero-order chi connectivity index (χ0) is 39.4. The van der Waals surface area contributed by atoms with Crippen LogP contribution in [0, 0.1) is 23.7 Å². The number of nitrogens with zero attached hydrogens (tertiary/aromatic N) is 3. The lowest BCUT2D eigenvalue weighted by atomic mass is 9.89. The van der Waals surface area contributed by atoms with Gasteiger partial charge in [-0.3, -0.25) is 19.2 Å². The van der Waals surface area contributed by atoms with Crippen LogP contribution in [0.2, 0.25) is 0 Å². The first-order chi connectivity index (χ1) is 25.2. The summed E-state index contributed by atoms with van der Waals surface area (Å²) in [7, 11) is 4.87. The number of methoxy groups -OCH3 is 2. The van der Waals surface area contributed by atoms with Crippen molar-refractivity contribution in [3.8, 4) is 0 Å². The maximum Gasteiger partial charge on any atom is 0.245 e. The van der Waals surface area contributed by atoms with Crippen LogP contribution >= 0.6 is 11.3 Å². The second-order valence-electron chi connectivity index (χ2n) is 15.2. The molecule has 296 valence electrons. The van der Waals surface area contributed by atoms with E-state index in [4.69, 9.17) is 15.2 Å². The third-order valence-electron chi connectivity index (χ3n) is 10.9. The van der Waals surface area contributed by atoms with Crippen molar-refractivity contribution in [2.75, 3.05) is 27.8 Å². The summed E-state index contributed by atoms with van der Waals surface area (Å²) in [4.78, 5) is 63.0. The number of amides is 4. The first-order valence-corrected chi connectivity index (χ1v) is 20.0. The molecule has 13 heteroatoms. The molecule has 0 unspecified atom stereocenters. The zero-order valence-corrected chi connectivity index (χ0v) is 34.2. The predicted octanol–water partition coefficient (Wildman–Crippen LogP) is 4.59. The van der Waals surface area contributed by atoms with E-state index in [2.05, 4.69) is 15.6 Å². The molecule has 4 N–H and O–H groups in total. The van der Waals surface area contributed by atoms with Crippen LogP contribution < -0.4 is 16.4 Å². The average molecular weight is 757 g/mol. The molecule has 1 saturated heterocycles. The van der Waals surface area contributed by atoms with Gasteiger partial charge in [-0.2, -0.15) is 0 Å². The van der Waals surface area contributed by atoms with Crippen LogP contribution in [0.15, 0.2) is 41.9 Å². The van der Waals surface area contributed by atoms with Gasteiger partial charge in [-0.05, 0) is 42.6 Å². The number of nitrogens with one attached hydrogen (secondary N) is 2. The number of aromatic nitrogens is 1. The number of likely N-dealkylation sites (N-methyl/N-ethyl adjacent to an activating group) is 1. The fraction of sp³-hybridized carbons (Fsp3) is 0.675. The fourth-order valence-electron chi connectivity index (χ4n) is 7.35. The molecule has 1 fully saturated rings. The molecule has 0 saturated carbocycles. The number of rotatable bonds is 20. The van der Waals surface area contributed by atoms with Crippen molar-refractivity contribution in [2.45, 2.75) is 123 Å². The SMILES string of the molecule is CC[C@H](C)[C@@H]([C@@H](CC(=O)N1CCC[C@H]1[C@H](OC)[C@@H](C)C(=O)N[C@@H](Cc1ccccc1)c1nccs1)OC)N(C)C(=O)[C@@H](NC(=O)[C@@H](N)C(C)C)C(C)C. The molecule has 1 aliphatic rings. The average Bonchev–Trinajstić information content (AvgIpc) is 3.86. The van der Waals surface area contributed by atoms with Gasteiger partial charge in [0.2, 0.25) is 23.6 Å². The summed E-state index contributed by atoms with van der Waals surface area (Å²) in [5, 5.41) is 8.84. The third-order valence-corrected chi connectivity index (χ3v) is 11.7. The van der Waals surface area contributed by atoms with Crippen LogP contribution in [0.4, 0.5) is 0 Å². The molecule has 2 heterocycles. The Morgan fingerprint density at radius 2 is 1.68 bits per heavy atom. The summed E-state index contributed by atoms with van der Waals surface area (Å²) in [6, 6.07) is 7.39. The van der Waals surface area contributed by atoms with E-state index >= 15 is 0 Å². The molecule has 3 rings (SSSR count). The number of ether oxygens (including phenoxy) is 2. The molecule has 1 aliphatic heterocycles. The van der Waals surface area contributed by atoms with Crippen molar-refractivity contribution in [1.29, 1.82) is 0 Å². The number of likely N-dealkylation sites (tertiary alicyclic amines) is 1. The molecular weight excluding hydrogens is 693 g/mol. The van der Waals surface area contributed by atoms with Gasteiger partial charge in [-0.1, -0.05) is 85.2 Å². The van der Waals surface area contributed by atoms with Crippen LogP contribution in [-0.2, 0) is 35.1 Å². The van der Waals surface area contributed by atoms with E-state index in [1.54, 1.807) is 32.4 Å². The fourth-order valence-corrected chi connectivity index (χ4v) is 8.04. The zero-order valence-electron chi connectivity index (χ0n) is 33.4. The number of carbonyl (C=O) groups excluding carboxylic acids is 4. The van der Waals surface area contributed by atoms with Crippen molar-refractivity contribution in [3.63, 3.8) is 0 Å². The molecule has 1 aromatic heterocycles. The van der Waals surface area contributed by atoms with Gasteiger partial charge in [-0.25, -0.2) is 4.98 Å². The minimum Gasteiger partial charge on any atom is -0.379 e. The molecule has 0 radical (unpaired) electrons. The number of nitrogens with two attached hydrogens (primary N) is 1. The topological polar surface area (TPSA) is 156 Å². The predicted molar refractivity (Wildman–Crippen MR) is 209 cm³/mol. The molecule has 12 nitrogen and oxygen atoms in total. The van der Waals surface area contributed by atoms with Crippen molar-refractivity contribution in [1.82, 2.24) is 25.4 Å². The minimum absolute atomic E-state index is 0.0189. The van der Waals surface area contributed by atoms with Crippen molar-refractivity contribution < 1.29 is 28.7 Å². The first kappa shape index (κ1) is 44.0. The Morgan fingerprint density at radius 1 is 1.00 bits per heavy atom. The quantitative estimate of drug-likeness (QED) is 0.177. The van der Waals surface area contributed by atoms with Gasteiger partial charge in [0, 0.05) is 39.4 Å². The maximum absolute atomic E-state index is 14.2. The van der Waals surface area contributed by atoms with Gasteiger partial charge in [0.15, 0.2) is 0 Å². The Labute approximate surface area is 320 Å². The van der Waals surface area contributed by atoms with Crippen LogP contribution in [-0.4, -0.2) is 103 Å². The molecule has 4 amide bonds. The molecular formula is C40H64N6O6S. The van der Waals surface area contributed by atoms with Gasteiger partial charge in [0.25, 0.3) is 0 Å². The highest BCUT2D eigenvalue weighted by molar-refractivity contribution is 7.09. The smallest absolute Gasteiger partial charge is 0.245 e. The molecule has 2 aromatic rings. The number of hydrogen-bond donors (Lipinski definition) is 3. The Balaban J connectivity index is 1.78. The van der Waals surface area contributed by atoms with Crippen LogP contribution in [0.5, 0.6) is 0 Å². The highest BCUT2D eigenvalue weighted by atomic mass is 32.1. The summed E-state index contributed by atoms with van der Waals surface area (Å²) in [5.41, 5.74) is 7.20. The monoisotopic (exact) mass is 756 g/mol. The number of carbonyl (C=O) groups is 4. The Kier molecular flexibility index (Phi) is 17.4. The minimum atomic E-state index is -0.794. The second-order valence-corrected chi connectivity index (χ2v) is 16.1. The maximum atomic E-state index is 14.2. The van der Waals surface area contributed by atoms with E-state index in [-0.39, 0.29) is 59.9 Å². The molecule has 9 atom stereocenters. The highest BCUT2D eigenvalue weighted by Crippen LogP contribution is 2.30. The summed E-state index contributed by atoms with van der Waals surface area (Å²) >= 11 is 1.50. The van der Waals surface area contributed by atoms with E-state index in [1.165, 1.54) is 11.3 Å². The van der Waals surface area contributed by atoms with Crippen LogP contribution in [0.3, 0.4) is 0 Å². The van der Waals surface area contributed by atoms with Crippen molar-refractivity contribution >= 4 is 35.0 Å². The lowest BCUT2D eigenvalue weighted by Gasteiger charge is -2.41. The molecule has 1 aromatic carbocycles. The molecule has 0 spiro atoms. The van der Waals surface area contributed by atoms with E-state index < -0.39 is 36.3 Å². The van der Waals surface area contributed by atoms with E-state index in [0.29, 0.717) is 19.4 Å². The number of benzene rings is 1. The summed E-state index contributed by atoms with van der Waals surface area (Å²) in [5.74, 6) is -1.77. The van der Waals surface area contributed by atoms with Gasteiger partial charge in [-0.15, -0.1) is 11.3 Å². The second kappa shape index (κ2) is 20.9. The van der Waals surface area contributed by atoms with Crippen molar-refractivity contribution in [3.05, 3.63) is 52.5 Å². The largest absolute Gasteiger partial charge is 0.379 e. The van der Waals surface area contributed by atoms with Crippen LogP contribution in [0.25, 0.3) is 0 Å². The number of thiazole rings is 1. The Hall–Kier alpha value is -3.39. The van der Waals surface area contributed by atoms with E-state index in [0.717, 1.165) is 23.4 Å². The van der Waals surface area contributed by atoms with Gasteiger partial charge in [0.05, 0.1) is 48.7 Å². The molecule has 0 bridgehead atoms. The summed E-state index contributed by atoms with van der Waals surface area (Å²) in [6.45, 7) is 14.0. The number of hydrogen-bond acceptors (Lipinski definition) is 9. The van der Waals surface area contributed by atoms with Crippen LogP contribution in [0.1, 0.15) is 90.8 Å². The van der Waals surface area contributed by atoms with E-state index in [9.17, 15) is 19.2 Å². The third kappa shape index (κ3) is 11.6. The molecule has 0 aliphatic carbocycles. The summed E-state index contributed by atoms with van der Waals surface area (Å²) in [6.07, 6.45) is 3.43. The Bertz CT molecular complexity index is 1440. The standard InChI is InChI=1S/C40H64N6O6S/c1-11-26(6)35(45(8)40(50)34(25(4)5)44-38(49)33(41)24(2)3)31(51-9)23-32(47)46-20-15-18-30(46)36(52-10)27(7)37(48)43-29(39-42-19-21-53-39)22-28-16-13-12-14-17-28/h12-14,16-17,19,21,24-27,29-31,33-36H,11,15,18,20,22-23,41H2,1-10H3,(H,43,48)(H,44,49)/t26-,27+,29-,30-,31+,33-,34-,35-,36+/m0/s1. The normalized spacial score (nSPS) is 19.2. The first-order valence-electron chi connectivity index (χ1n) is 19.1. The lowest BCUT2D eigenvalue weighted by Crippen LogP contribution is -2.59. The Morgan fingerprint density at radius 3 is 2.23 bits per heavy atom. The van der Waals surface area contributed by atoms with Crippen molar-refractivity contribution in [2.24, 2.45) is 29.4 Å². The van der Waals surface area contributed by atoms with Gasteiger partial charge in [0.1, 0.15) is 11.0 Å². The van der Waals surface area contributed by atoms with Gasteiger partial charge < -0.3 is 35.6 Å². The van der Waals surface area contributed by atoms with Gasteiger partial charge >= 0.3 is 0 Å². The summed E-state index contributed by atoms with van der Waals surface area (Å²) < 4.78 is 12.0. The lowest BCUT2D eigenvalue weighted by molar-refractivity contribution is -0.147. The van der Waals surface area contributed by atoms with E-state index in [1.807, 2.05) is 89.1 Å².